The molecule has 2 aromatic carbocycles. The van der Waals surface area contributed by atoms with Crippen molar-refractivity contribution in [3.63, 3.8) is 0 Å². The van der Waals surface area contributed by atoms with E-state index in [-0.39, 0.29) is 0 Å². The molecule has 3 N–H and O–H groups in total. The number of nitrogens with zero attached hydrogens (tertiary/aromatic N) is 1. The molecule has 3 rings (SSSR count). The molecular weight excluding hydrogens is 346 g/mol. The van der Waals surface area contributed by atoms with Crippen LogP contribution in [0.3, 0.4) is 0 Å². The van der Waals surface area contributed by atoms with E-state index in [0.717, 1.165) is 26.9 Å². The number of rotatable bonds is 3. The molecule has 0 saturated heterocycles. The Morgan fingerprint density at radius 1 is 1.05 bits per heavy atom. The van der Waals surface area contributed by atoms with Crippen LogP contribution in [0.1, 0.15) is 0 Å². The first-order valence-corrected chi connectivity index (χ1v) is 8.46. The highest BCUT2D eigenvalue weighted by Crippen LogP contribution is 2.40. The SMILES string of the molecule is CSc1ccccc1-c1[nH]nc(N)c1-c1ccccc1Br. The van der Waals surface area contributed by atoms with Crippen LogP contribution in [0.25, 0.3) is 22.4 Å². The van der Waals surface area contributed by atoms with E-state index >= 15 is 0 Å². The van der Waals surface area contributed by atoms with E-state index in [4.69, 9.17) is 5.73 Å². The van der Waals surface area contributed by atoms with E-state index in [2.05, 4.69) is 44.5 Å². The molecule has 0 saturated carbocycles. The second-order valence-electron chi connectivity index (χ2n) is 4.54. The van der Waals surface area contributed by atoms with Crippen molar-refractivity contribution >= 4 is 33.5 Å². The fourth-order valence-electron chi connectivity index (χ4n) is 2.34. The number of thioether (sulfide) groups is 1. The number of nitrogens with two attached hydrogens (primary N) is 1. The predicted octanol–water partition coefficient (Wildman–Crippen LogP) is 4.81. The van der Waals surface area contributed by atoms with Gasteiger partial charge < -0.3 is 5.73 Å². The number of H-pyrrole nitrogens is 1. The fraction of sp³-hybridized carbons (Fsp3) is 0.0625. The first-order valence-electron chi connectivity index (χ1n) is 6.44. The van der Waals surface area contributed by atoms with Gasteiger partial charge in [-0.25, -0.2) is 0 Å². The normalized spacial score (nSPS) is 10.8. The van der Waals surface area contributed by atoms with Crippen molar-refractivity contribution in [3.8, 4) is 22.4 Å². The molecule has 5 heteroatoms. The molecule has 0 unspecified atom stereocenters. The average Bonchev–Trinajstić information content (AvgIpc) is 2.89. The van der Waals surface area contributed by atoms with Crippen molar-refractivity contribution in [3.05, 3.63) is 53.0 Å². The van der Waals surface area contributed by atoms with Crippen molar-refractivity contribution in [1.29, 1.82) is 0 Å². The number of aromatic nitrogens is 2. The van der Waals surface area contributed by atoms with Crippen molar-refractivity contribution in [1.82, 2.24) is 10.2 Å². The predicted molar refractivity (Wildman–Crippen MR) is 93.4 cm³/mol. The Morgan fingerprint density at radius 2 is 1.71 bits per heavy atom. The number of anilines is 1. The highest BCUT2D eigenvalue weighted by Gasteiger charge is 2.18. The molecule has 0 fully saturated rings. The summed E-state index contributed by atoms with van der Waals surface area (Å²) in [7, 11) is 0. The minimum atomic E-state index is 0.507. The molecule has 1 aromatic heterocycles. The molecule has 0 aliphatic heterocycles. The maximum absolute atomic E-state index is 6.10. The van der Waals surface area contributed by atoms with Gasteiger partial charge in [-0.1, -0.05) is 52.3 Å². The lowest BCUT2D eigenvalue weighted by atomic mass is 10.0. The average molecular weight is 360 g/mol. The third kappa shape index (κ3) is 2.59. The molecule has 0 spiro atoms. The molecule has 3 nitrogen and oxygen atoms in total. The van der Waals surface area contributed by atoms with Gasteiger partial charge in [-0.05, 0) is 18.4 Å². The minimum absolute atomic E-state index is 0.507. The maximum Gasteiger partial charge on any atom is 0.153 e. The van der Waals surface area contributed by atoms with Gasteiger partial charge in [0, 0.05) is 20.5 Å². The summed E-state index contributed by atoms with van der Waals surface area (Å²) >= 11 is 5.30. The summed E-state index contributed by atoms with van der Waals surface area (Å²) in [6.07, 6.45) is 2.07. The topological polar surface area (TPSA) is 54.7 Å². The summed E-state index contributed by atoms with van der Waals surface area (Å²) in [4.78, 5) is 1.19. The van der Waals surface area contributed by atoms with E-state index in [0.29, 0.717) is 5.82 Å². The zero-order chi connectivity index (χ0) is 14.8. The van der Waals surface area contributed by atoms with Gasteiger partial charge in [0.05, 0.1) is 11.3 Å². The molecule has 0 aliphatic carbocycles. The van der Waals surface area contributed by atoms with E-state index in [1.807, 2.05) is 36.4 Å². The van der Waals surface area contributed by atoms with Crippen LogP contribution < -0.4 is 5.73 Å². The summed E-state index contributed by atoms with van der Waals surface area (Å²) in [5, 5.41) is 7.29. The Balaban J connectivity index is 2.25. The highest BCUT2D eigenvalue weighted by atomic mass is 79.9. The van der Waals surface area contributed by atoms with Crippen LogP contribution in [-0.2, 0) is 0 Å². The lowest BCUT2D eigenvalue weighted by Crippen LogP contribution is -1.90. The molecule has 0 amide bonds. The number of halogens is 1. The smallest absolute Gasteiger partial charge is 0.153 e. The second-order valence-corrected chi connectivity index (χ2v) is 6.24. The van der Waals surface area contributed by atoms with Gasteiger partial charge in [-0.3, -0.25) is 5.10 Å². The Bertz CT molecular complexity index is 783. The zero-order valence-electron chi connectivity index (χ0n) is 11.4. The van der Waals surface area contributed by atoms with Crippen LogP contribution in [0.5, 0.6) is 0 Å². The number of benzene rings is 2. The Kier molecular flexibility index (Phi) is 4.03. The van der Waals surface area contributed by atoms with Gasteiger partial charge in [0.2, 0.25) is 0 Å². The van der Waals surface area contributed by atoms with Crippen LogP contribution in [0.2, 0.25) is 0 Å². The van der Waals surface area contributed by atoms with E-state index in [9.17, 15) is 0 Å². The Morgan fingerprint density at radius 3 is 2.43 bits per heavy atom. The van der Waals surface area contributed by atoms with Crippen LogP contribution in [0, 0.1) is 0 Å². The summed E-state index contributed by atoms with van der Waals surface area (Å²) in [6.45, 7) is 0. The summed E-state index contributed by atoms with van der Waals surface area (Å²) in [5.41, 5.74) is 10.1. The van der Waals surface area contributed by atoms with Gasteiger partial charge in [-0.2, -0.15) is 5.10 Å². The summed E-state index contributed by atoms with van der Waals surface area (Å²) in [5.74, 6) is 0.507. The molecule has 0 atom stereocenters. The number of nitrogens with one attached hydrogen (secondary N) is 1. The van der Waals surface area contributed by atoms with E-state index in [1.54, 1.807) is 11.8 Å². The minimum Gasteiger partial charge on any atom is -0.382 e. The first kappa shape index (κ1) is 14.2. The van der Waals surface area contributed by atoms with Crippen LogP contribution in [0.15, 0.2) is 57.9 Å². The monoisotopic (exact) mass is 359 g/mol. The molecule has 0 aliphatic rings. The Hall–Kier alpha value is -1.72. The van der Waals surface area contributed by atoms with E-state index in [1.165, 1.54) is 4.90 Å². The number of aromatic amines is 1. The molecular formula is C16H14BrN3S. The lowest BCUT2D eigenvalue weighted by molar-refractivity contribution is 1.10. The van der Waals surface area contributed by atoms with Gasteiger partial charge >= 0.3 is 0 Å². The third-order valence-electron chi connectivity index (χ3n) is 3.31. The fourth-order valence-corrected chi connectivity index (χ4v) is 3.43. The maximum atomic E-state index is 6.10. The number of nitrogen functional groups attached to an aromatic ring is 1. The van der Waals surface area contributed by atoms with Gasteiger partial charge in [0.25, 0.3) is 0 Å². The van der Waals surface area contributed by atoms with Gasteiger partial charge in [0.15, 0.2) is 5.82 Å². The Labute approximate surface area is 136 Å². The van der Waals surface area contributed by atoms with Crippen LogP contribution >= 0.6 is 27.7 Å². The quantitative estimate of drug-likeness (QED) is 0.659. The summed E-state index contributed by atoms with van der Waals surface area (Å²) < 4.78 is 1.00. The van der Waals surface area contributed by atoms with Crippen molar-refractivity contribution in [2.75, 3.05) is 12.0 Å². The standard InChI is InChI=1S/C16H14BrN3S/c1-21-13-9-5-3-7-11(13)15-14(16(18)20-19-15)10-6-2-4-8-12(10)17/h2-9H,1H3,(H3,18,19,20). The number of hydrogen-bond donors (Lipinski definition) is 2. The zero-order valence-corrected chi connectivity index (χ0v) is 13.8. The van der Waals surface area contributed by atoms with Crippen LogP contribution in [-0.4, -0.2) is 16.5 Å². The van der Waals surface area contributed by atoms with Gasteiger partial charge in [-0.15, -0.1) is 11.8 Å². The van der Waals surface area contributed by atoms with Crippen molar-refractivity contribution in [2.45, 2.75) is 4.90 Å². The molecule has 106 valence electrons. The lowest BCUT2D eigenvalue weighted by Gasteiger charge is -2.09. The first-order chi connectivity index (χ1) is 10.2. The van der Waals surface area contributed by atoms with Gasteiger partial charge in [0.1, 0.15) is 0 Å². The molecule has 3 aromatic rings. The largest absolute Gasteiger partial charge is 0.382 e. The molecule has 1 heterocycles. The third-order valence-corrected chi connectivity index (χ3v) is 4.80. The van der Waals surface area contributed by atoms with Crippen molar-refractivity contribution in [2.24, 2.45) is 0 Å². The van der Waals surface area contributed by atoms with Crippen LogP contribution in [0.4, 0.5) is 5.82 Å². The molecule has 0 bridgehead atoms. The molecule has 0 radical (unpaired) electrons. The number of hydrogen-bond acceptors (Lipinski definition) is 3. The van der Waals surface area contributed by atoms with E-state index < -0.39 is 0 Å². The molecule has 21 heavy (non-hydrogen) atoms. The highest BCUT2D eigenvalue weighted by molar-refractivity contribution is 9.10. The second kappa shape index (κ2) is 5.95. The summed E-state index contributed by atoms with van der Waals surface area (Å²) in [6, 6.07) is 16.3. The van der Waals surface area contributed by atoms with Crippen molar-refractivity contribution < 1.29 is 0 Å².